The second kappa shape index (κ2) is 14.5. The van der Waals surface area contributed by atoms with Gasteiger partial charge in [-0.3, -0.25) is 9.59 Å². The molecule has 3 aromatic rings. The summed E-state index contributed by atoms with van der Waals surface area (Å²) in [7, 11) is 0. The third-order valence-corrected chi connectivity index (χ3v) is 7.50. The Kier molecular flexibility index (Phi) is 11.4. The Morgan fingerprint density at radius 3 is 2.30 bits per heavy atom. The number of thioether (sulfide) groups is 1. The largest absolute Gasteiger partial charge is 0.354 e. The Morgan fingerprint density at radius 1 is 0.946 bits per heavy atom. The monoisotopic (exact) mass is 556 g/mol. The summed E-state index contributed by atoms with van der Waals surface area (Å²) in [5, 5.41) is 4.04. The first-order chi connectivity index (χ1) is 17.7. The highest BCUT2D eigenvalue weighted by Crippen LogP contribution is 2.25. The number of halogens is 2. The predicted molar refractivity (Wildman–Crippen MR) is 156 cm³/mol. The molecule has 0 aliphatic carbocycles. The third-order valence-electron chi connectivity index (χ3n) is 5.93. The normalized spacial score (nSPS) is 11.8. The average molecular weight is 558 g/mol. The molecule has 1 N–H and O–H groups in total. The summed E-state index contributed by atoms with van der Waals surface area (Å²) in [4.78, 5) is 28.9. The summed E-state index contributed by atoms with van der Waals surface area (Å²) in [6.45, 7) is 6.90. The zero-order valence-electron chi connectivity index (χ0n) is 21.5. The molecule has 0 aliphatic heterocycles. The Bertz CT molecular complexity index is 1170. The Morgan fingerprint density at radius 2 is 1.65 bits per heavy atom. The van der Waals surface area contributed by atoms with E-state index in [1.54, 1.807) is 28.8 Å². The van der Waals surface area contributed by atoms with Crippen molar-refractivity contribution in [2.75, 3.05) is 12.3 Å². The molecule has 0 saturated heterocycles. The van der Waals surface area contributed by atoms with Gasteiger partial charge in [-0.15, -0.1) is 11.8 Å². The minimum Gasteiger partial charge on any atom is -0.354 e. The molecule has 0 radical (unpaired) electrons. The van der Waals surface area contributed by atoms with Crippen molar-refractivity contribution in [3.8, 4) is 0 Å². The predicted octanol–water partition coefficient (Wildman–Crippen LogP) is 6.95. The quantitative estimate of drug-likeness (QED) is 0.262. The van der Waals surface area contributed by atoms with Crippen molar-refractivity contribution >= 4 is 46.8 Å². The van der Waals surface area contributed by atoms with Gasteiger partial charge in [-0.1, -0.05) is 103 Å². The number of aryl methyl sites for hydroxylation is 1. The SMILES string of the molecule is Cc1ccc(CSCC(=O)N(Cc2ccc(Cl)cc2Cl)[C@H](Cc2ccccc2)C(=O)NCC(C)C)cc1. The number of carbonyl (C=O) groups excluding carboxylic acids is 2. The summed E-state index contributed by atoms with van der Waals surface area (Å²) in [5.41, 5.74) is 4.09. The molecule has 4 nitrogen and oxygen atoms in total. The molecule has 0 saturated carbocycles. The van der Waals surface area contributed by atoms with Crippen molar-refractivity contribution in [3.63, 3.8) is 0 Å². The third kappa shape index (κ3) is 9.41. The van der Waals surface area contributed by atoms with E-state index < -0.39 is 6.04 Å². The van der Waals surface area contributed by atoms with Crippen LogP contribution in [-0.2, 0) is 28.3 Å². The maximum atomic E-state index is 13.7. The summed E-state index contributed by atoms with van der Waals surface area (Å²) >= 11 is 14.1. The van der Waals surface area contributed by atoms with Gasteiger partial charge >= 0.3 is 0 Å². The van der Waals surface area contributed by atoms with Crippen LogP contribution in [0.3, 0.4) is 0 Å². The van der Waals surface area contributed by atoms with Gasteiger partial charge in [0.05, 0.1) is 5.75 Å². The molecule has 37 heavy (non-hydrogen) atoms. The maximum Gasteiger partial charge on any atom is 0.243 e. The van der Waals surface area contributed by atoms with E-state index >= 15 is 0 Å². The molecular weight excluding hydrogens is 523 g/mol. The second-order valence-electron chi connectivity index (χ2n) is 9.58. The molecule has 0 aromatic heterocycles. The minimum absolute atomic E-state index is 0.108. The highest BCUT2D eigenvalue weighted by molar-refractivity contribution is 7.99. The highest BCUT2D eigenvalue weighted by atomic mass is 35.5. The molecule has 1 atom stereocenters. The van der Waals surface area contributed by atoms with Gasteiger partial charge in [-0.2, -0.15) is 0 Å². The number of nitrogens with one attached hydrogen (secondary N) is 1. The first kappa shape index (κ1) is 29.1. The fourth-order valence-electron chi connectivity index (χ4n) is 3.83. The molecule has 0 aliphatic rings. The first-order valence-corrected chi connectivity index (χ1v) is 14.3. The lowest BCUT2D eigenvalue weighted by Gasteiger charge is -2.32. The van der Waals surface area contributed by atoms with Crippen LogP contribution in [0.1, 0.15) is 36.1 Å². The van der Waals surface area contributed by atoms with E-state index in [9.17, 15) is 9.59 Å². The van der Waals surface area contributed by atoms with Crippen LogP contribution in [-0.4, -0.2) is 35.1 Å². The topological polar surface area (TPSA) is 49.4 Å². The zero-order valence-corrected chi connectivity index (χ0v) is 23.9. The van der Waals surface area contributed by atoms with Gasteiger partial charge in [0, 0.05) is 35.3 Å². The number of carbonyl (C=O) groups is 2. The average Bonchev–Trinajstić information content (AvgIpc) is 2.87. The summed E-state index contributed by atoms with van der Waals surface area (Å²) in [6, 6.07) is 22.6. The van der Waals surface area contributed by atoms with Gasteiger partial charge in [0.2, 0.25) is 11.8 Å². The van der Waals surface area contributed by atoms with Crippen molar-refractivity contribution in [1.82, 2.24) is 10.2 Å². The Labute approximate surface area is 234 Å². The Hall–Kier alpha value is -2.47. The van der Waals surface area contributed by atoms with Gasteiger partial charge in [-0.05, 0) is 41.7 Å². The molecular formula is C30H34Cl2N2O2S. The van der Waals surface area contributed by atoms with Crippen LogP contribution in [0.4, 0.5) is 0 Å². The lowest BCUT2D eigenvalue weighted by Crippen LogP contribution is -2.51. The van der Waals surface area contributed by atoms with E-state index in [1.165, 1.54) is 5.56 Å². The number of hydrogen-bond acceptors (Lipinski definition) is 3. The summed E-state index contributed by atoms with van der Waals surface area (Å²) in [6.07, 6.45) is 0.407. The first-order valence-electron chi connectivity index (χ1n) is 12.4. The standard InChI is InChI=1S/C30H34Cl2N2O2S/c1-21(2)17-33-30(36)28(15-23-7-5-4-6-8-23)34(18-25-13-14-26(31)16-27(25)32)29(35)20-37-19-24-11-9-22(3)10-12-24/h4-14,16,21,28H,15,17-20H2,1-3H3,(H,33,36)/t28-/m1/s1. The second-order valence-corrected chi connectivity index (χ2v) is 11.4. The molecule has 3 aromatic carbocycles. The van der Waals surface area contributed by atoms with E-state index in [2.05, 4.69) is 36.5 Å². The Balaban J connectivity index is 1.86. The van der Waals surface area contributed by atoms with Gasteiger partial charge in [0.25, 0.3) is 0 Å². The molecule has 196 valence electrons. The van der Waals surface area contributed by atoms with Crippen molar-refractivity contribution in [2.24, 2.45) is 5.92 Å². The van der Waals surface area contributed by atoms with Crippen molar-refractivity contribution < 1.29 is 9.59 Å². The zero-order chi connectivity index (χ0) is 26.8. The van der Waals surface area contributed by atoms with Crippen molar-refractivity contribution in [3.05, 3.63) is 105 Å². The number of benzene rings is 3. The smallest absolute Gasteiger partial charge is 0.243 e. The van der Waals surface area contributed by atoms with Crippen LogP contribution in [0.15, 0.2) is 72.8 Å². The molecule has 2 amide bonds. The van der Waals surface area contributed by atoms with Gasteiger partial charge < -0.3 is 10.2 Å². The molecule has 7 heteroatoms. The van der Waals surface area contributed by atoms with Crippen LogP contribution in [0, 0.1) is 12.8 Å². The highest BCUT2D eigenvalue weighted by Gasteiger charge is 2.30. The van der Waals surface area contributed by atoms with Crippen LogP contribution < -0.4 is 5.32 Å². The number of nitrogens with zero attached hydrogens (tertiary/aromatic N) is 1. The van der Waals surface area contributed by atoms with Crippen molar-refractivity contribution in [1.29, 1.82) is 0 Å². The molecule has 3 rings (SSSR count). The summed E-state index contributed by atoms with van der Waals surface area (Å²) in [5.74, 6) is 0.983. The molecule has 0 unspecified atom stereocenters. The van der Waals surface area contributed by atoms with Crippen LogP contribution in [0.25, 0.3) is 0 Å². The van der Waals surface area contributed by atoms with Gasteiger partial charge in [-0.25, -0.2) is 0 Å². The number of hydrogen-bond donors (Lipinski definition) is 1. The van der Waals surface area contributed by atoms with Crippen LogP contribution in [0.5, 0.6) is 0 Å². The molecule has 0 heterocycles. The van der Waals surface area contributed by atoms with Crippen LogP contribution in [0.2, 0.25) is 10.0 Å². The number of amides is 2. The van der Waals surface area contributed by atoms with E-state index in [1.807, 2.05) is 50.2 Å². The lowest BCUT2D eigenvalue weighted by molar-refractivity contribution is -0.139. The van der Waals surface area contributed by atoms with Crippen LogP contribution >= 0.6 is 35.0 Å². The molecule has 0 bridgehead atoms. The van der Waals surface area contributed by atoms with Gasteiger partial charge in [0.15, 0.2) is 0 Å². The molecule has 0 spiro atoms. The lowest BCUT2D eigenvalue weighted by atomic mass is 10.0. The van der Waals surface area contributed by atoms with E-state index in [0.717, 1.165) is 16.7 Å². The maximum absolute atomic E-state index is 13.7. The van der Waals surface area contributed by atoms with E-state index in [-0.39, 0.29) is 24.1 Å². The van der Waals surface area contributed by atoms with Crippen molar-refractivity contribution in [2.45, 2.75) is 45.5 Å². The van der Waals surface area contributed by atoms with E-state index in [0.29, 0.717) is 34.7 Å². The van der Waals surface area contributed by atoms with Gasteiger partial charge in [0.1, 0.15) is 6.04 Å². The fourth-order valence-corrected chi connectivity index (χ4v) is 5.17. The summed E-state index contributed by atoms with van der Waals surface area (Å²) < 4.78 is 0. The van der Waals surface area contributed by atoms with E-state index in [4.69, 9.17) is 23.2 Å². The number of rotatable bonds is 12. The fraction of sp³-hybridized carbons (Fsp3) is 0.333. The molecule has 0 fully saturated rings. The minimum atomic E-state index is -0.680.